The number of hydrogen-bond donors (Lipinski definition) is 2. The standard InChI is InChI=1S/C26H21N3O3S/c1-2-29-25(31)19-13-12-18(14-20(19)27-26(29)33)24(30)28-23(16-8-4-3-5-9-16)22-15-17-10-6-7-11-21(17)32-22/h3-15,23H,2H2,1H3,(H,27,33)(H,28,30). The monoisotopic (exact) mass is 455 g/mol. The summed E-state index contributed by atoms with van der Waals surface area (Å²) in [6.07, 6.45) is 0. The number of amides is 1. The Balaban J connectivity index is 1.54. The average Bonchev–Trinajstić information content (AvgIpc) is 3.27. The number of carbonyl (C=O) groups is 1. The summed E-state index contributed by atoms with van der Waals surface area (Å²) in [6, 6.07) is 23.8. The normalized spacial score (nSPS) is 12.2. The van der Waals surface area contributed by atoms with Gasteiger partial charge < -0.3 is 14.7 Å². The van der Waals surface area contributed by atoms with Gasteiger partial charge in [-0.05, 0) is 55.0 Å². The number of furan rings is 1. The van der Waals surface area contributed by atoms with E-state index in [0.717, 1.165) is 16.5 Å². The van der Waals surface area contributed by atoms with E-state index in [1.54, 1.807) is 18.2 Å². The van der Waals surface area contributed by atoms with Crippen molar-refractivity contribution in [3.05, 3.63) is 111 Å². The van der Waals surface area contributed by atoms with Gasteiger partial charge >= 0.3 is 0 Å². The van der Waals surface area contributed by atoms with Crippen LogP contribution in [0.3, 0.4) is 0 Å². The Kier molecular flexibility index (Phi) is 5.40. The van der Waals surface area contributed by atoms with Crippen LogP contribution in [0.25, 0.3) is 21.9 Å². The van der Waals surface area contributed by atoms with Gasteiger partial charge in [0, 0.05) is 17.5 Å². The molecule has 164 valence electrons. The summed E-state index contributed by atoms with van der Waals surface area (Å²) in [5.74, 6) is 0.354. The van der Waals surface area contributed by atoms with E-state index in [1.165, 1.54) is 4.57 Å². The van der Waals surface area contributed by atoms with Crippen LogP contribution in [0.2, 0.25) is 0 Å². The number of H-pyrrole nitrogens is 1. The molecule has 1 amide bonds. The van der Waals surface area contributed by atoms with Crippen LogP contribution in [0.1, 0.15) is 34.6 Å². The maximum Gasteiger partial charge on any atom is 0.262 e. The van der Waals surface area contributed by atoms with Gasteiger partial charge in [-0.25, -0.2) is 0 Å². The predicted molar refractivity (Wildman–Crippen MR) is 131 cm³/mol. The van der Waals surface area contributed by atoms with Crippen molar-refractivity contribution >= 4 is 40.0 Å². The van der Waals surface area contributed by atoms with Crippen LogP contribution in [-0.2, 0) is 6.54 Å². The molecule has 0 aliphatic carbocycles. The van der Waals surface area contributed by atoms with Crippen molar-refractivity contribution in [1.29, 1.82) is 0 Å². The van der Waals surface area contributed by atoms with Gasteiger partial charge in [-0.2, -0.15) is 0 Å². The Morgan fingerprint density at radius 3 is 2.58 bits per heavy atom. The fourth-order valence-electron chi connectivity index (χ4n) is 4.01. The molecule has 5 rings (SSSR count). The van der Waals surface area contributed by atoms with E-state index in [-0.39, 0.29) is 11.5 Å². The maximum absolute atomic E-state index is 13.3. The van der Waals surface area contributed by atoms with Crippen molar-refractivity contribution in [3.8, 4) is 0 Å². The minimum absolute atomic E-state index is 0.173. The van der Waals surface area contributed by atoms with E-state index in [4.69, 9.17) is 16.6 Å². The number of benzene rings is 3. The number of aromatic amines is 1. The first-order chi connectivity index (χ1) is 16.0. The van der Waals surface area contributed by atoms with E-state index in [0.29, 0.717) is 33.5 Å². The quantitative estimate of drug-likeness (QED) is 0.350. The van der Waals surface area contributed by atoms with Crippen molar-refractivity contribution in [2.75, 3.05) is 0 Å². The number of para-hydroxylation sites is 1. The molecule has 2 aromatic heterocycles. The summed E-state index contributed by atoms with van der Waals surface area (Å²) in [5.41, 5.74) is 2.43. The number of aromatic nitrogens is 2. The zero-order chi connectivity index (χ0) is 22.9. The molecule has 33 heavy (non-hydrogen) atoms. The fourth-order valence-corrected chi connectivity index (χ4v) is 4.33. The van der Waals surface area contributed by atoms with Gasteiger partial charge in [0.05, 0.1) is 10.9 Å². The highest BCUT2D eigenvalue weighted by Crippen LogP contribution is 2.28. The van der Waals surface area contributed by atoms with Crippen LogP contribution in [0.5, 0.6) is 0 Å². The van der Waals surface area contributed by atoms with Crippen molar-refractivity contribution < 1.29 is 9.21 Å². The van der Waals surface area contributed by atoms with Gasteiger partial charge in [0.25, 0.3) is 11.5 Å². The number of fused-ring (bicyclic) bond motifs is 2. The van der Waals surface area contributed by atoms with Crippen LogP contribution in [0.15, 0.2) is 88.1 Å². The number of nitrogens with one attached hydrogen (secondary N) is 2. The summed E-state index contributed by atoms with van der Waals surface area (Å²) in [4.78, 5) is 29.0. The number of nitrogens with zero attached hydrogens (tertiary/aromatic N) is 1. The molecule has 0 aliphatic rings. The smallest absolute Gasteiger partial charge is 0.262 e. The third kappa shape index (κ3) is 3.87. The summed E-state index contributed by atoms with van der Waals surface area (Å²) >= 11 is 5.30. The molecule has 1 atom stereocenters. The fraction of sp³-hybridized carbons (Fsp3) is 0.115. The number of hydrogen-bond acceptors (Lipinski definition) is 4. The highest BCUT2D eigenvalue weighted by Gasteiger charge is 2.22. The SMILES string of the molecule is CCn1c(=S)[nH]c2cc(C(=O)NC(c3ccccc3)c3cc4ccccc4o3)ccc2c1=O. The number of carbonyl (C=O) groups excluding carboxylic acids is 1. The Morgan fingerprint density at radius 2 is 1.82 bits per heavy atom. The second-order valence-electron chi connectivity index (χ2n) is 7.74. The molecular weight excluding hydrogens is 434 g/mol. The number of rotatable bonds is 5. The minimum atomic E-state index is -0.478. The molecule has 0 radical (unpaired) electrons. The van der Waals surface area contributed by atoms with Crippen molar-refractivity contribution in [1.82, 2.24) is 14.9 Å². The first kappa shape index (κ1) is 20.9. The predicted octanol–water partition coefficient (Wildman–Crippen LogP) is 5.34. The summed E-state index contributed by atoms with van der Waals surface area (Å²) in [5, 5.41) is 4.54. The van der Waals surface area contributed by atoms with Crippen LogP contribution >= 0.6 is 12.2 Å². The lowest BCUT2D eigenvalue weighted by atomic mass is 10.0. The van der Waals surface area contributed by atoms with Gasteiger partial charge in [-0.1, -0.05) is 48.5 Å². The van der Waals surface area contributed by atoms with E-state index in [1.807, 2.05) is 67.6 Å². The van der Waals surface area contributed by atoms with Crippen LogP contribution in [-0.4, -0.2) is 15.5 Å². The molecule has 7 heteroatoms. The minimum Gasteiger partial charge on any atom is -0.459 e. The molecular formula is C26H21N3O3S. The Morgan fingerprint density at radius 1 is 1.06 bits per heavy atom. The summed E-state index contributed by atoms with van der Waals surface area (Å²) in [7, 11) is 0. The lowest BCUT2D eigenvalue weighted by molar-refractivity contribution is 0.0939. The molecule has 6 nitrogen and oxygen atoms in total. The van der Waals surface area contributed by atoms with Gasteiger partial charge in [0.15, 0.2) is 4.77 Å². The Labute approximate surface area is 194 Å². The highest BCUT2D eigenvalue weighted by molar-refractivity contribution is 7.71. The molecule has 3 aromatic carbocycles. The van der Waals surface area contributed by atoms with Gasteiger partial charge in [-0.3, -0.25) is 14.2 Å². The molecule has 0 fully saturated rings. The second kappa shape index (κ2) is 8.52. The van der Waals surface area contributed by atoms with E-state index < -0.39 is 6.04 Å². The summed E-state index contributed by atoms with van der Waals surface area (Å²) < 4.78 is 7.89. The zero-order valence-corrected chi connectivity index (χ0v) is 18.7. The van der Waals surface area contributed by atoms with Gasteiger partial charge in [0.2, 0.25) is 0 Å². The molecule has 2 N–H and O–H groups in total. The molecule has 1 unspecified atom stereocenters. The largest absolute Gasteiger partial charge is 0.459 e. The third-order valence-corrected chi connectivity index (χ3v) is 6.02. The van der Waals surface area contributed by atoms with E-state index in [2.05, 4.69) is 10.3 Å². The lowest BCUT2D eigenvalue weighted by Gasteiger charge is -2.17. The van der Waals surface area contributed by atoms with Crippen molar-refractivity contribution in [2.24, 2.45) is 0 Å². The first-order valence-corrected chi connectivity index (χ1v) is 11.1. The zero-order valence-electron chi connectivity index (χ0n) is 17.9. The molecule has 0 aliphatic heterocycles. The highest BCUT2D eigenvalue weighted by atomic mass is 32.1. The molecule has 0 saturated carbocycles. The Bertz CT molecular complexity index is 1570. The molecule has 2 heterocycles. The van der Waals surface area contributed by atoms with Gasteiger partial charge in [-0.15, -0.1) is 0 Å². The van der Waals surface area contributed by atoms with Crippen molar-refractivity contribution in [3.63, 3.8) is 0 Å². The van der Waals surface area contributed by atoms with E-state index >= 15 is 0 Å². The topological polar surface area (TPSA) is 80.0 Å². The lowest BCUT2D eigenvalue weighted by Crippen LogP contribution is -2.29. The molecule has 5 aromatic rings. The average molecular weight is 456 g/mol. The van der Waals surface area contributed by atoms with Gasteiger partial charge in [0.1, 0.15) is 17.4 Å². The van der Waals surface area contributed by atoms with Crippen LogP contribution in [0, 0.1) is 4.77 Å². The molecule has 0 saturated heterocycles. The third-order valence-electron chi connectivity index (χ3n) is 5.70. The molecule has 0 spiro atoms. The van der Waals surface area contributed by atoms with Crippen molar-refractivity contribution in [2.45, 2.75) is 19.5 Å². The van der Waals surface area contributed by atoms with Crippen LogP contribution in [0.4, 0.5) is 0 Å². The van der Waals surface area contributed by atoms with Crippen LogP contribution < -0.4 is 10.9 Å². The molecule has 0 bridgehead atoms. The van der Waals surface area contributed by atoms with E-state index in [9.17, 15) is 9.59 Å². The first-order valence-electron chi connectivity index (χ1n) is 10.7. The second-order valence-corrected chi connectivity index (χ2v) is 8.13. The summed E-state index contributed by atoms with van der Waals surface area (Å²) in [6.45, 7) is 2.34. The maximum atomic E-state index is 13.3. The Hall–Kier alpha value is -3.97.